The molecule has 0 aliphatic rings. The molecule has 0 aliphatic heterocycles. The summed E-state index contributed by atoms with van der Waals surface area (Å²) >= 11 is 0. The lowest BCUT2D eigenvalue weighted by atomic mass is 10.0. The standard InChI is InChI=1S/C20H34O/c1-5-6-7-8-11-18(2)12-9-13-19(3)14-10-15-20(4)16-17-21/h6-7,12,14,16,21H,5,8-11,13,15,17H2,1-4H3/b7-6+,18-12+,19-14+,20-16+. The maximum absolute atomic E-state index is 8.80. The molecule has 0 unspecified atom stereocenters. The summed E-state index contributed by atoms with van der Waals surface area (Å²) in [5.74, 6) is 0. The molecule has 0 bridgehead atoms. The SMILES string of the molecule is CC/C=C/CC/C(C)=C/CC/C(C)=C/CC/C(C)=C/CO. The lowest BCUT2D eigenvalue weighted by Gasteiger charge is -2.02. The Bertz CT molecular complexity index is 369. The van der Waals surface area contributed by atoms with Crippen LogP contribution in [0.2, 0.25) is 0 Å². The zero-order valence-corrected chi connectivity index (χ0v) is 14.5. The van der Waals surface area contributed by atoms with Crippen molar-refractivity contribution in [2.45, 2.75) is 72.6 Å². The van der Waals surface area contributed by atoms with Gasteiger partial charge in [0.05, 0.1) is 6.61 Å². The summed E-state index contributed by atoms with van der Waals surface area (Å²) in [6.07, 6.45) is 19.1. The molecular weight excluding hydrogens is 256 g/mol. The number of aliphatic hydroxyl groups excluding tert-OH is 1. The Balaban J connectivity index is 3.88. The summed E-state index contributed by atoms with van der Waals surface area (Å²) in [5.41, 5.74) is 4.25. The summed E-state index contributed by atoms with van der Waals surface area (Å²) in [4.78, 5) is 0. The van der Waals surface area contributed by atoms with Crippen LogP contribution in [0.5, 0.6) is 0 Å². The maximum atomic E-state index is 8.80. The molecule has 1 N–H and O–H groups in total. The van der Waals surface area contributed by atoms with E-state index in [2.05, 4.69) is 52.0 Å². The van der Waals surface area contributed by atoms with Crippen molar-refractivity contribution >= 4 is 0 Å². The zero-order chi connectivity index (χ0) is 15.9. The smallest absolute Gasteiger partial charge is 0.0614 e. The Labute approximate surface area is 132 Å². The minimum atomic E-state index is 0.159. The molecule has 0 amide bonds. The molecule has 1 heteroatoms. The fourth-order valence-corrected chi connectivity index (χ4v) is 2.15. The van der Waals surface area contributed by atoms with Gasteiger partial charge in [0, 0.05) is 0 Å². The van der Waals surface area contributed by atoms with Gasteiger partial charge in [-0.2, -0.15) is 0 Å². The number of hydrogen-bond acceptors (Lipinski definition) is 1. The molecule has 0 aromatic heterocycles. The van der Waals surface area contributed by atoms with Crippen LogP contribution in [0.1, 0.15) is 72.6 Å². The molecule has 0 radical (unpaired) electrons. The molecule has 0 fully saturated rings. The summed E-state index contributed by atoms with van der Waals surface area (Å²) in [7, 11) is 0. The first-order chi connectivity index (χ1) is 10.1. The molecule has 0 aromatic carbocycles. The Morgan fingerprint density at radius 3 is 1.67 bits per heavy atom. The first kappa shape index (κ1) is 19.9. The predicted molar refractivity (Wildman–Crippen MR) is 95.5 cm³/mol. The van der Waals surface area contributed by atoms with Gasteiger partial charge in [-0.25, -0.2) is 0 Å². The minimum Gasteiger partial charge on any atom is -0.392 e. The van der Waals surface area contributed by atoms with Crippen molar-refractivity contribution in [1.29, 1.82) is 0 Å². The summed E-state index contributed by atoms with van der Waals surface area (Å²) in [6, 6.07) is 0. The lowest BCUT2D eigenvalue weighted by Crippen LogP contribution is -1.83. The van der Waals surface area contributed by atoms with E-state index in [0.29, 0.717) is 0 Å². The van der Waals surface area contributed by atoms with E-state index in [4.69, 9.17) is 5.11 Å². The summed E-state index contributed by atoms with van der Waals surface area (Å²) in [5, 5.41) is 8.80. The second kappa shape index (κ2) is 13.9. The normalized spacial score (nSPS) is 14.2. The van der Waals surface area contributed by atoms with Crippen molar-refractivity contribution in [3.05, 3.63) is 47.1 Å². The van der Waals surface area contributed by atoms with E-state index >= 15 is 0 Å². The lowest BCUT2D eigenvalue weighted by molar-refractivity contribution is 0.341. The average Bonchev–Trinajstić information content (AvgIpc) is 2.44. The van der Waals surface area contributed by atoms with E-state index in [-0.39, 0.29) is 6.61 Å². The van der Waals surface area contributed by atoms with Gasteiger partial charge in [0.25, 0.3) is 0 Å². The van der Waals surface area contributed by atoms with Gasteiger partial charge < -0.3 is 5.11 Å². The molecule has 1 nitrogen and oxygen atoms in total. The molecule has 0 heterocycles. The van der Waals surface area contributed by atoms with Gasteiger partial charge in [0.15, 0.2) is 0 Å². The maximum Gasteiger partial charge on any atom is 0.0614 e. The van der Waals surface area contributed by atoms with Crippen molar-refractivity contribution in [3.63, 3.8) is 0 Å². The molecule has 0 rings (SSSR count). The highest BCUT2D eigenvalue weighted by molar-refractivity contribution is 5.06. The molecule has 0 saturated carbocycles. The highest BCUT2D eigenvalue weighted by Crippen LogP contribution is 2.13. The van der Waals surface area contributed by atoms with Crippen LogP contribution in [0, 0.1) is 0 Å². The fraction of sp³-hybridized carbons (Fsp3) is 0.600. The van der Waals surface area contributed by atoms with E-state index in [0.717, 1.165) is 32.1 Å². The topological polar surface area (TPSA) is 20.2 Å². The minimum absolute atomic E-state index is 0.159. The molecular formula is C20H34O. The van der Waals surface area contributed by atoms with Crippen molar-refractivity contribution in [3.8, 4) is 0 Å². The van der Waals surface area contributed by atoms with Crippen LogP contribution in [-0.2, 0) is 0 Å². The van der Waals surface area contributed by atoms with Crippen LogP contribution in [0.25, 0.3) is 0 Å². The quantitative estimate of drug-likeness (QED) is 0.454. The third-order valence-electron chi connectivity index (χ3n) is 3.61. The van der Waals surface area contributed by atoms with Crippen molar-refractivity contribution in [2.75, 3.05) is 6.61 Å². The summed E-state index contributed by atoms with van der Waals surface area (Å²) < 4.78 is 0. The predicted octanol–water partition coefficient (Wildman–Crippen LogP) is 6.12. The Morgan fingerprint density at radius 1 is 0.714 bits per heavy atom. The largest absolute Gasteiger partial charge is 0.392 e. The van der Waals surface area contributed by atoms with Crippen molar-refractivity contribution in [1.82, 2.24) is 0 Å². The Hall–Kier alpha value is -1.08. The van der Waals surface area contributed by atoms with Gasteiger partial charge >= 0.3 is 0 Å². The van der Waals surface area contributed by atoms with Crippen molar-refractivity contribution in [2.24, 2.45) is 0 Å². The molecule has 0 spiro atoms. The van der Waals surface area contributed by atoms with E-state index < -0.39 is 0 Å². The van der Waals surface area contributed by atoms with E-state index in [1.807, 2.05) is 6.08 Å². The van der Waals surface area contributed by atoms with Gasteiger partial charge in [0.2, 0.25) is 0 Å². The van der Waals surface area contributed by atoms with Crippen LogP contribution >= 0.6 is 0 Å². The highest BCUT2D eigenvalue weighted by atomic mass is 16.2. The average molecular weight is 290 g/mol. The second-order valence-corrected chi connectivity index (χ2v) is 5.83. The van der Waals surface area contributed by atoms with Gasteiger partial charge in [-0.15, -0.1) is 0 Å². The van der Waals surface area contributed by atoms with Gasteiger partial charge in [-0.05, 0) is 65.7 Å². The third kappa shape index (κ3) is 13.7. The van der Waals surface area contributed by atoms with Crippen LogP contribution in [0.15, 0.2) is 47.1 Å². The fourth-order valence-electron chi connectivity index (χ4n) is 2.15. The van der Waals surface area contributed by atoms with Crippen LogP contribution in [0.3, 0.4) is 0 Å². The molecule has 0 aliphatic carbocycles. The molecule has 0 aromatic rings. The van der Waals surface area contributed by atoms with Crippen LogP contribution in [-0.4, -0.2) is 11.7 Å². The van der Waals surface area contributed by atoms with E-state index in [1.165, 1.54) is 29.6 Å². The second-order valence-electron chi connectivity index (χ2n) is 5.83. The van der Waals surface area contributed by atoms with E-state index in [1.54, 1.807) is 0 Å². The van der Waals surface area contributed by atoms with Crippen molar-refractivity contribution < 1.29 is 5.11 Å². The van der Waals surface area contributed by atoms with Gasteiger partial charge in [0.1, 0.15) is 0 Å². The van der Waals surface area contributed by atoms with Crippen LogP contribution < -0.4 is 0 Å². The molecule has 21 heavy (non-hydrogen) atoms. The first-order valence-corrected chi connectivity index (χ1v) is 8.32. The molecule has 0 saturated heterocycles. The number of aliphatic hydroxyl groups is 1. The van der Waals surface area contributed by atoms with Crippen LogP contribution in [0.4, 0.5) is 0 Å². The van der Waals surface area contributed by atoms with Gasteiger partial charge in [-0.3, -0.25) is 0 Å². The number of allylic oxidation sites excluding steroid dienone is 7. The molecule has 0 atom stereocenters. The Kier molecular flexibility index (Phi) is 13.2. The molecule has 120 valence electrons. The summed E-state index contributed by atoms with van der Waals surface area (Å²) in [6.45, 7) is 8.88. The number of hydrogen-bond donors (Lipinski definition) is 1. The third-order valence-corrected chi connectivity index (χ3v) is 3.61. The highest BCUT2D eigenvalue weighted by Gasteiger charge is 1.93. The van der Waals surface area contributed by atoms with Gasteiger partial charge in [-0.1, -0.05) is 54.0 Å². The first-order valence-electron chi connectivity index (χ1n) is 8.32. The monoisotopic (exact) mass is 290 g/mol. The Morgan fingerprint density at radius 2 is 1.19 bits per heavy atom. The number of rotatable bonds is 11. The van der Waals surface area contributed by atoms with E-state index in [9.17, 15) is 0 Å². The zero-order valence-electron chi connectivity index (χ0n) is 14.5.